The highest BCUT2D eigenvalue weighted by Gasteiger charge is 2.13. The van der Waals surface area contributed by atoms with Crippen molar-refractivity contribution in [1.82, 2.24) is 10.2 Å². The van der Waals surface area contributed by atoms with Gasteiger partial charge in [0.1, 0.15) is 0 Å². The van der Waals surface area contributed by atoms with Gasteiger partial charge in [0.25, 0.3) is 0 Å². The molecule has 0 aliphatic carbocycles. The maximum atomic E-state index is 11.0. The fourth-order valence-corrected chi connectivity index (χ4v) is 2.38. The van der Waals surface area contributed by atoms with Crippen molar-refractivity contribution in [1.29, 1.82) is 0 Å². The molecule has 1 aromatic carbocycles. The number of hydrogen-bond donors (Lipinski definition) is 2. The topological polar surface area (TPSA) is 52.6 Å². The summed E-state index contributed by atoms with van der Waals surface area (Å²) < 4.78 is 0.633. The molecule has 1 aliphatic rings. The van der Waals surface area contributed by atoms with Gasteiger partial charge >= 0.3 is 5.97 Å². The first kappa shape index (κ1) is 12.5. The number of carbonyl (C=O) groups is 1. The number of piperazine rings is 1. The van der Waals surface area contributed by atoms with Gasteiger partial charge in [-0.1, -0.05) is 6.07 Å². The zero-order chi connectivity index (χ0) is 12.3. The van der Waals surface area contributed by atoms with Crippen LogP contribution < -0.4 is 5.32 Å². The number of carboxylic acids is 1. The SMILES string of the molecule is O=C(O)c1cc(CN2CCNCC2)ccc1Br. The Balaban J connectivity index is 2.10. The maximum absolute atomic E-state index is 11.0. The first-order valence-corrected chi connectivity index (χ1v) is 6.41. The summed E-state index contributed by atoms with van der Waals surface area (Å²) in [5.41, 5.74) is 1.38. The Labute approximate surface area is 109 Å². The molecular formula is C12H15BrN2O2. The van der Waals surface area contributed by atoms with E-state index in [1.807, 2.05) is 6.07 Å². The van der Waals surface area contributed by atoms with Crippen LogP contribution in [0, 0.1) is 0 Å². The fraction of sp³-hybridized carbons (Fsp3) is 0.417. The molecule has 1 fully saturated rings. The first-order chi connectivity index (χ1) is 8.16. The van der Waals surface area contributed by atoms with Crippen LogP contribution in [0.25, 0.3) is 0 Å². The number of aromatic carboxylic acids is 1. The van der Waals surface area contributed by atoms with Crippen LogP contribution in [0.5, 0.6) is 0 Å². The van der Waals surface area contributed by atoms with Gasteiger partial charge in [-0.15, -0.1) is 0 Å². The second-order valence-corrected chi connectivity index (χ2v) is 5.00. The second kappa shape index (κ2) is 5.62. The third-order valence-electron chi connectivity index (χ3n) is 2.88. The van der Waals surface area contributed by atoms with Gasteiger partial charge in [-0.25, -0.2) is 4.79 Å². The average molecular weight is 299 g/mol. The summed E-state index contributed by atoms with van der Waals surface area (Å²) in [6.45, 7) is 4.84. The van der Waals surface area contributed by atoms with Crippen LogP contribution in [0.2, 0.25) is 0 Å². The Hall–Kier alpha value is -0.910. The molecule has 0 unspecified atom stereocenters. The number of rotatable bonds is 3. The summed E-state index contributed by atoms with van der Waals surface area (Å²) in [5, 5.41) is 12.3. The van der Waals surface area contributed by atoms with E-state index in [0.29, 0.717) is 10.0 Å². The van der Waals surface area contributed by atoms with E-state index in [2.05, 4.69) is 26.1 Å². The van der Waals surface area contributed by atoms with Crippen LogP contribution >= 0.6 is 15.9 Å². The van der Waals surface area contributed by atoms with E-state index in [-0.39, 0.29) is 0 Å². The number of halogens is 1. The van der Waals surface area contributed by atoms with Crippen molar-refractivity contribution in [3.8, 4) is 0 Å². The highest BCUT2D eigenvalue weighted by molar-refractivity contribution is 9.10. The molecule has 1 heterocycles. The van der Waals surface area contributed by atoms with Gasteiger partial charge in [-0.3, -0.25) is 4.90 Å². The first-order valence-electron chi connectivity index (χ1n) is 5.61. The summed E-state index contributed by atoms with van der Waals surface area (Å²) >= 11 is 3.25. The van der Waals surface area contributed by atoms with Gasteiger partial charge in [0.15, 0.2) is 0 Å². The van der Waals surface area contributed by atoms with Gasteiger partial charge in [0, 0.05) is 37.2 Å². The van der Waals surface area contributed by atoms with E-state index in [0.717, 1.165) is 38.3 Å². The predicted molar refractivity (Wildman–Crippen MR) is 69.2 cm³/mol. The molecule has 1 aromatic rings. The van der Waals surface area contributed by atoms with E-state index in [1.165, 1.54) is 0 Å². The molecule has 2 N–H and O–H groups in total. The maximum Gasteiger partial charge on any atom is 0.336 e. The monoisotopic (exact) mass is 298 g/mol. The fourth-order valence-electron chi connectivity index (χ4n) is 1.96. The van der Waals surface area contributed by atoms with Gasteiger partial charge in [-0.05, 0) is 33.6 Å². The van der Waals surface area contributed by atoms with Crippen LogP contribution in [0.1, 0.15) is 15.9 Å². The Bertz CT molecular complexity index is 417. The molecule has 0 bridgehead atoms. The summed E-state index contributed by atoms with van der Waals surface area (Å²) in [4.78, 5) is 13.3. The Morgan fingerprint density at radius 3 is 2.76 bits per heavy atom. The largest absolute Gasteiger partial charge is 0.478 e. The highest BCUT2D eigenvalue weighted by Crippen LogP contribution is 2.19. The van der Waals surface area contributed by atoms with Crippen molar-refractivity contribution in [2.75, 3.05) is 26.2 Å². The quantitative estimate of drug-likeness (QED) is 0.889. The van der Waals surface area contributed by atoms with E-state index in [1.54, 1.807) is 12.1 Å². The molecule has 17 heavy (non-hydrogen) atoms. The Morgan fingerprint density at radius 1 is 1.41 bits per heavy atom. The zero-order valence-electron chi connectivity index (χ0n) is 9.45. The lowest BCUT2D eigenvalue weighted by Gasteiger charge is -2.27. The van der Waals surface area contributed by atoms with E-state index in [9.17, 15) is 4.79 Å². The van der Waals surface area contributed by atoms with Gasteiger partial charge in [-0.2, -0.15) is 0 Å². The molecule has 0 atom stereocenters. The third kappa shape index (κ3) is 3.28. The van der Waals surface area contributed by atoms with Crippen LogP contribution in [0.15, 0.2) is 22.7 Å². The summed E-state index contributed by atoms with van der Waals surface area (Å²) in [7, 11) is 0. The molecule has 0 radical (unpaired) electrons. The molecule has 4 nitrogen and oxygen atoms in total. The van der Waals surface area contributed by atoms with Crippen molar-refractivity contribution < 1.29 is 9.90 Å². The predicted octanol–water partition coefficient (Wildman–Crippen LogP) is 1.55. The minimum absolute atomic E-state index is 0.331. The molecule has 1 saturated heterocycles. The van der Waals surface area contributed by atoms with E-state index in [4.69, 9.17) is 5.11 Å². The van der Waals surface area contributed by atoms with Gasteiger partial charge in [0.2, 0.25) is 0 Å². The standard InChI is InChI=1S/C12H15BrN2O2/c13-11-2-1-9(7-10(11)12(16)17)8-15-5-3-14-4-6-15/h1-2,7,14H,3-6,8H2,(H,16,17). The highest BCUT2D eigenvalue weighted by atomic mass is 79.9. The molecule has 2 rings (SSSR count). The minimum Gasteiger partial charge on any atom is -0.478 e. The summed E-state index contributed by atoms with van der Waals surface area (Å²) in [6.07, 6.45) is 0. The van der Waals surface area contributed by atoms with Crippen molar-refractivity contribution in [3.05, 3.63) is 33.8 Å². The van der Waals surface area contributed by atoms with Gasteiger partial charge in [0.05, 0.1) is 5.56 Å². The minimum atomic E-state index is -0.890. The van der Waals surface area contributed by atoms with Crippen LogP contribution in [-0.4, -0.2) is 42.2 Å². The normalized spacial score (nSPS) is 17.0. The molecule has 92 valence electrons. The molecular weight excluding hydrogens is 284 g/mol. The lowest BCUT2D eigenvalue weighted by Crippen LogP contribution is -2.42. The van der Waals surface area contributed by atoms with Crippen LogP contribution in [-0.2, 0) is 6.54 Å². The number of nitrogens with one attached hydrogen (secondary N) is 1. The Kier molecular flexibility index (Phi) is 4.15. The second-order valence-electron chi connectivity index (χ2n) is 4.15. The Morgan fingerprint density at radius 2 is 2.12 bits per heavy atom. The third-order valence-corrected chi connectivity index (χ3v) is 3.57. The molecule has 0 saturated carbocycles. The van der Waals surface area contributed by atoms with Crippen molar-refractivity contribution in [3.63, 3.8) is 0 Å². The van der Waals surface area contributed by atoms with Crippen molar-refractivity contribution in [2.24, 2.45) is 0 Å². The van der Waals surface area contributed by atoms with E-state index >= 15 is 0 Å². The molecule has 0 amide bonds. The van der Waals surface area contributed by atoms with Gasteiger partial charge < -0.3 is 10.4 Å². The summed E-state index contributed by atoms with van der Waals surface area (Å²) in [6, 6.07) is 5.52. The molecule has 0 spiro atoms. The average Bonchev–Trinajstić information content (AvgIpc) is 2.32. The molecule has 5 heteroatoms. The smallest absolute Gasteiger partial charge is 0.336 e. The molecule has 1 aliphatic heterocycles. The van der Waals surface area contributed by atoms with Crippen LogP contribution in [0.3, 0.4) is 0 Å². The number of carboxylic acid groups (broad SMARTS) is 1. The lowest BCUT2D eigenvalue weighted by atomic mass is 10.1. The van der Waals surface area contributed by atoms with Crippen molar-refractivity contribution in [2.45, 2.75) is 6.54 Å². The number of benzene rings is 1. The van der Waals surface area contributed by atoms with E-state index < -0.39 is 5.97 Å². The summed E-state index contributed by atoms with van der Waals surface area (Å²) in [5.74, 6) is -0.890. The zero-order valence-corrected chi connectivity index (χ0v) is 11.0. The van der Waals surface area contributed by atoms with Crippen molar-refractivity contribution >= 4 is 21.9 Å². The number of hydrogen-bond acceptors (Lipinski definition) is 3. The number of nitrogens with zero attached hydrogens (tertiary/aromatic N) is 1. The van der Waals surface area contributed by atoms with Crippen LogP contribution in [0.4, 0.5) is 0 Å². The lowest BCUT2D eigenvalue weighted by molar-refractivity contribution is 0.0695. The molecule has 0 aromatic heterocycles.